The molecule has 0 aliphatic carbocycles. The van der Waals surface area contributed by atoms with Gasteiger partial charge in [-0.2, -0.15) is 0 Å². The molecule has 0 saturated heterocycles. The number of aromatic nitrogens is 2. The molecular weight excluding hydrogens is 486 g/mol. The number of thioether (sulfide) groups is 1. The number of nitrogens with one attached hydrogen (secondary N) is 1. The van der Waals surface area contributed by atoms with E-state index in [0.717, 1.165) is 22.7 Å². The summed E-state index contributed by atoms with van der Waals surface area (Å²) in [5, 5.41) is 1.01. The van der Waals surface area contributed by atoms with Crippen molar-refractivity contribution >= 4 is 49.4 Å². The van der Waals surface area contributed by atoms with Crippen LogP contribution in [0, 0.1) is 0 Å². The molecule has 0 unspecified atom stereocenters. The highest BCUT2D eigenvalue weighted by molar-refractivity contribution is 8.14. The van der Waals surface area contributed by atoms with Crippen molar-refractivity contribution in [3.8, 4) is 5.75 Å². The van der Waals surface area contributed by atoms with Crippen molar-refractivity contribution in [2.75, 3.05) is 17.1 Å². The van der Waals surface area contributed by atoms with Crippen LogP contribution in [0.1, 0.15) is 17.3 Å². The van der Waals surface area contributed by atoms with Crippen molar-refractivity contribution in [1.29, 1.82) is 0 Å². The highest BCUT2D eigenvalue weighted by atomic mass is 32.2. The van der Waals surface area contributed by atoms with E-state index in [0.29, 0.717) is 24.5 Å². The summed E-state index contributed by atoms with van der Waals surface area (Å²) in [5.74, 6) is 0.399. The molecule has 0 aliphatic rings. The lowest BCUT2D eigenvalue weighted by molar-refractivity contribution is -0.109. The number of sulfonamides is 1. The number of para-hydroxylation sites is 1. The number of rotatable bonds is 10. The summed E-state index contributed by atoms with van der Waals surface area (Å²) in [5.41, 5.74) is 1.43. The summed E-state index contributed by atoms with van der Waals surface area (Å²) >= 11 is 0.912. The minimum atomic E-state index is -3.87. The fraction of sp³-hybridized carbons (Fsp3) is 0.160. The van der Waals surface area contributed by atoms with Crippen LogP contribution in [0.2, 0.25) is 0 Å². The van der Waals surface area contributed by atoms with E-state index in [1.807, 2.05) is 18.3 Å². The SMILES string of the molecule is CC(=O)SCC(=O)c1ccc(NS(=O)(=O)c2ccc(OCCn3ccc4ccccc43)cc2)nc1. The molecule has 35 heavy (non-hydrogen) atoms. The van der Waals surface area contributed by atoms with Crippen LogP contribution in [-0.4, -0.2) is 41.2 Å². The molecule has 0 bridgehead atoms. The highest BCUT2D eigenvalue weighted by Crippen LogP contribution is 2.20. The number of hydrogen-bond acceptors (Lipinski definition) is 7. The number of ether oxygens (including phenoxy) is 1. The molecular formula is C25H23N3O5S2. The Morgan fingerprint density at radius 2 is 1.80 bits per heavy atom. The Balaban J connectivity index is 1.33. The maximum absolute atomic E-state index is 12.7. The third-order valence-corrected chi connectivity index (χ3v) is 7.33. The zero-order valence-electron chi connectivity index (χ0n) is 18.9. The molecule has 8 nitrogen and oxygen atoms in total. The first kappa shape index (κ1) is 24.5. The number of anilines is 1. The number of ketones is 1. The van der Waals surface area contributed by atoms with Crippen molar-refractivity contribution in [3.63, 3.8) is 0 Å². The maximum Gasteiger partial charge on any atom is 0.263 e. The van der Waals surface area contributed by atoms with Gasteiger partial charge >= 0.3 is 0 Å². The van der Waals surface area contributed by atoms with E-state index in [9.17, 15) is 18.0 Å². The maximum atomic E-state index is 12.7. The molecule has 4 rings (SSSR count). The summed E-state index contributed by atoms with van der Waals surface area (Å²) in [7, 11) is -3.87. The summed E-state index contributed by atoms with van der Waals surface area (Å²) < 4.78 is 35.7. The van der Waals surface area contributed by atoms with Gasteiger partial charge in [0.15, 0.2) is 10.9 Å². The molecule has 2 aromatic carbocycles. The lowest BCUT2D eigenvalue weighted by Gasteiger charge is -2.10. The van der Waals surface area contributed by atoms with Gasteiger partial charge in [0.1, 0.15) is 18.2 Å². The van der Waals surface area contributed by atoms with Gasteiger partial charge in [0.25, 0.3) is 10.0 Å². The van der Waals surface area contributed by atoms with Gasteiger partial charge in [0.05, 0.1) is 17.2 Å². The average Bonchev–Trinajstić information content (AvgIpc) is 3.26. The zero-order valence-corrected chi connectivity index (χ0v) is 20.5. The van der Waals surface area contributed by atoms with E-state index in [2.05, 4.69) is 32.5 Å². The Morgan fingerprint density at radius 3 is 2.51 bits per heavy atom. The molecule has 2 heterocycles. The standard InChI is InChI=1S/C25H23N3O5S2/c1-18(29)34-17-24(30)20-6-11-25(26-16-20)27-35(31,32)22-9-7-21(8-10-22)33-15-14-28-13-12-19-4-2-3-5-23(19)28/h2-13,16H,14-15,17H2,1H3,(H,26,27). The minimum Gasteiger partial charge on any atom is -0.492 e. The number of pyridine rings is 1. The number of Topliss-reactive ketones (excluding diaryl/α,β-unsaturated/α-hetero) is 1. The average molecular weight is 510 g/mol. The van der Waals surface area contributed by atoms with Crippen LogP contribution in [0.25, 0.3) is 10.9 Å². The fourth-order valence-electron chi connectivity index (χ4n) is 3.38. The van der Waals surface area contributed by atoms with Gasteiger partial charge in [0.2, 0.25) is 0 Å². The van der Waals surface area contributed by atoms with Crippen LogP contribution in [0.4, 0.5) is 5.82 Å². The summed E-state index contributed by atoms with van der Waals surface area (Å²) in [6, 6.07) is 19.1. The second-order valence-electron chi connectivity index (χ2n) is 7.63. The molecule has 0 atom stereocenters. The first-order valence-electron chi connectivity index (χ1n) is 10.7. The van der Waals surface area contributed by atoms with E-state index in [1.54, 1.807) is 12.1 Å². The van der Waals surface area contributed by atoms with Gasteiger partial charge < -0.3 is 9.30 Å². The number of fused-ring (bicyclic) bond motifs is 1. The first-order chi connectivity index (χ1) is 16.8. The van der Waals surface area contributed by atoms with Crippen molar-refractivity contribution in [3.05, 3.63) is 84.7 Å². The van der Waals surface area contributed by atoms with Crippen LogP contribution in [0.5, 0.6) is 5.75 Å². The third kappa shape index (κ3) is 6.28. The molecule has 0 amide bonds. The minimum absolute atomic E-state index is 0.0124. The molecule has 180 valence electrons. The highest BCUT2D eigenvalue weighted by Gasteiger charge is 2.16. The monoisotopic (exact) mass is 509 g/mol. The Labute approximate surface area is 207 Å². The Hall–Kier alpha value is -3.63. The molecule has 2 aromatic heterocycles. The zero-order chi connectivity index (χ0) is 24.8. The lowest BCUT2D eigenvalue weighted by Crippen LogP contribution is -2.14. The predicted molar refractivity (Wildman–Crippen MR) is 136 cm³/mol. The third-order valence-electron chi connectivity index (χ3n) is 5.15. The first-order valence-corrected chi connectivity index (χ1v) is 13.2. The van der Waals surface area contributed by atoms with Gasteiger partial charge in [-0.05, 0) is 53.9 Å². The lowest BCUT2D eigenvalue weighted by atomic mass is 10.2. The second kappa shape index (κ2) is 10.7. The van der Waals surface area contributed by atoms with Gasteiger partial charge in [-0.3, -0.25) is 14.3 Å². The molecule has 0 aliphatic heterocycles. The number of hydrogen-bond donors (Lipinski definition) is 1. The quantitative estimate of drug-likeness (QED) is 0.316. The second-order valence-corrected chi connectivity index (χ2v) is 10.5. The van der Waals surface area contributed by atoms with E-state index >= 15 is 0 Å². The van der Waals surface area contributed by atoms with Crippen LogP contribution in [0.3, 0.4) is 0 Å². The molecule has 4 aromatic rings. The van der Waals surface area contributed by atoms with Gasteiger partial charge in [-0.1, -0.05) is 30.0 Å². The molecule has 1 N–H and O–H groups in total. The molecule has 0 fully saturated rings. The van der Waals surface area contributed by atoms with E-state index in [1.165, 1.54) is 37.4 Å². The van der Waals surface area contributed by atoms with Crippen LogP contribution >= 0.6 is 11.8 Å². The van der Waals surface area contributed by atoms with E-state index in [4.69, 9.17) is 4.74 Å². The smallest absolute Gasteiger partial charge is 0.263 e. The summed E-state index contributed by atoms with van der Waals surface area (Å²) in [6.45, 7) is 2.48. The van der Waals surface area contributed by atoms with Crippen LogP contribution in [0.15, 0.2) is 84.0 Å². The van der Waals surface area contributed by atoms with E-state index < -0.39 is 10.0 Å². The number of benzene rings is 2. The predicted octanol–water partition coefficient (Wildman–Crippen LogP) is 4.38. The summed E-state index contributed by atoms with van der Waals surface area (Å²) in [4.78, 5) is 27.1. The number of carbonyl (C=O) groups excluding carboxylic acids is 2. The molecule has 10 heteroatoms. The Kier molecular flexibility index (Phi) is 7.52. The van der Waals surface area contributed by atoms with Gasteiger partial charge in [-0.25, -0.2) is 13.4 Å². The van der Waals surface area contributed by atoms with Crippen molar-refractivity contribution in [2.45, 2.75) is 18.4 Å². The molecule has 0 saturated carbocycles. The Bertz CT molecular complexity index is 1450. The Morgan fingerprint density at radius 1 is 1.03 bits per heavy atom. The number of carbonyl (C=O) groups is 2. The van der Waals surface area contributed by atoms with Crippen molar-refractivity contribution in [1.82, 2.24) is 9.55 Å². The van der Waals surface area contributed by atoms with Crippen LogP contribution < -0.4 is 9.46 Å². The van der Waals surface area contributed by atoms with Gasteiger partial charge in [-0.15, -0.1) is 0 Å². The van der Waals surface area contributed by atoms with Crippen LogP contribution in [-0.2, 0) is 21.4 Å². The fourth-order valence-corrected chi connectivity index (χ4v) is 4.89. The summed E-state index contributed by atoms with van der Waals surface area (Å²) in [6.07, 6.45) is 3.29. The topological polar surface area (TPSA) is 107 Å². The van der Waals surface area contributed by atoms with Crippen molar-refractivity contribution in [2.24, 2.45) is 0 Å². The van der Waals surface area contributed by atoms with Gasteiger partial charge in [0, 0.05) is 30.4 Å². The largest absolute Gasteiger partial charge is 0.492 e. The normalized spacial score (nSPS) is 11.3. The number of nitrogens with zero attached hydrogens (tertiary/aromatic N) is 2. The molecule has 0 spiro atoms. The van der Waals surface area contributed by atoms with Crippen molar-refractivity contribution < 1.29 is 22.7 Å². The molecule has 0 radical (unpaired) electrons. The van der Waals surface area contributed by atoms with E-state index in [-0.39, 0.29) is 27.4 Å².